The second-order valence-electron chi connectivity index (χ2n) is 10.8. The molecule has 0 heterocycles. The zero-order valence-electron chi connectivity index (χ0n) is 21.8. The van der Waals surface area contributed by atoms with Crippen molar-refractivity contribution < 1.29 is 17.4 Å². The Bertz CT molecular complexity index is 594. The summed E-state index contributed by atoms with van der Waals surface area (Å²) in [6.45, 7) is 17.2. The number of hydrogen-bond donors (Lipinski definition) is 1. The maximum absolute atomic E-state index is 11.5. The van der Waals surface area contributed by atoms with Gasteiger partial charge in [0.15, 0.2) is 0 Å². The van der Waals surface area contributed by atoms with E-state index in [1.807, 2.05) is 0 Å². The fraction of sp³-hybridized carbons (Fsp3) is 0.917. The van der Waals surface area contributed by atoms with Crippen LogP contribution in [0.1, 0.15) is 92.4 Å². The van der Waals surface area contributed by atoms with Gasteiger partial charge in [-0.15, -0.1) is 0 Å². The Labute approximate surface area is 199 Å². The molecule has 0 radical (unpaired) electrons. The first kappa shape index (κ1) is 31.6. The van der Waals surface area contributed by atoms with Gasteiger partial charge >= 0.3 is 201 Å². The molecule has 0 aliphatic rings. The summed E-state index contributed by atoms with van der Waals surface area (Å²) < 4.78 is 46.0. The van der Waals surface area contributed by atoms with Gasteiger partial charge in [-0.05, 0) is 0 Å². The van der Waals surface area contributed by atoms with Crippen molar-refractivity contribution in [3.63, 3.8) is 0 Å². The predicted octanol–water partition coefficient (Wildman–Crippen LogP) is 7.99. The van der Waals surface area contributed by atoms with E-state index in [1.54, 1.807) is 6.92 Å². The SMILES string of the molecule is CCC[CH2][Sn]([CH]=CCC(C)(CCC(C)S(=O)(=O)O)O[Si](C)(C)C)([CH2]CCC)[CH2]CCC. The Morgan fingerprint density at radius 1 is 1.00 bits per heavy atom. The molecular weight excluding hydrogens is 531 g/mol. The molecule has 31 heavy (non-hydrogen) atoms. The molecule has 186 valence electrons. The number of unbranched alkanes of at least 4 members (excludes halogenated alkanes) is 3. The van der Waals surface area contributed by atoms with Gasteiger partial charge in [0.25, 0.3) is 0 Å². The summed E-state index contributed by atoms with van der Waals surface area (Å²) in [5, 5.41) is -0.752. The molecular formula is C24H52O4SSiSn. The van der Waals surface area contributed by atoms with E-state index in [0.717, 1.165) is 6.42 Å². The normalized spacial score (nSPS) is 16.5. The van der Waals surface area contributed by atoms with E-state index in [4.69, 9.17) is 4.43 Å². The van der Waals surface area contributed by atoms with E-state index in [2.05, 4.69) is 57.5 Å². The van der Waals surface area contributed by atoms with Crippen molar-refractivity contribution in [1.82, 2.24) is 0 Å². The summed E-state index contributed by atoms with van der Waals surface area (Å²) in [7, 11) is -5.79. The first-order chi connectivity index (χ1) is 14.2. The first-order valence-corrected chi connectivity index (χ1v) is 25.2. The van der Waals surface area contributed by atoms with Gasteiger partial charge < -0.3 is 0 Å². The second-order valence-corrected chi connectivity index (χ2v) is 30.1. The molecule has 2 atom stereocenters. The zero-order chi connectivity index (χ0) is 24.2. The molecule has 0 spiro atoms. The first-order valence-electron chi connectivity index (χ1n) is 12.6. The third-order valence-corrected chi connectivity index (χ3v) is 22.8. The Kier molecular flexibility index (Phi) is 15.1. The summed E-state index contributed by atoms with van der Waals surface area (Å²) in [6.07, 6.45) is 12.2. The Hall–Kier alpha value is 0.626. The minimum atomic E-state index is -4.00. The minimum absolute atomic E-state index is 0.377. The molecule has 0 saturated carbocycles. The van der Waals surface area contributed by atoms with Gasteiger partial charge in [0, 0.05) is 0 Å². The van der Waals surface area contributed by atoms with E-state index >= 15 is 0 Å². The molecule has 0 fully saturated rings. The van der Waals surface area contributed by atoms with E-state index in [-0.39, 0.29) is 5.60 Å². The topological polar surface area (TPSA) is 63.6 Å². The molecule has 0 aliphatic heterocycles. The predicted molar refractivity (Wildman–Crippen MR) is 142 cm³/mol. The summed E-state index contributed by atoms with van der Waals surface area (Å²) in [5.74, 6) is 0. The van der Waals surface area contributed by atoms with Crippen molar-refractivity contribution in [3.8, 4) is 0 Å². The van der Waals surface area contributed by atoms with E-state index < -0.39 is 42.1 Å². The van der Waals surface area contributed by atoms with E-state index in [9.17, 15) is 13.0 Å². The van der Waals surface area contributed by atoms with Crippen LogP contribution in [0.15, 0.2) is 10.2 Å². The summed E-state index contributed by atoms with van der Waals surface area (Å²) in [4.78, 5) is 0. The van der Waals surface area contributed by atoms with Gasteiger partial charge in [-0.1, -0.05) is 0 Å². The molecule has 0 aliphatic carbocycles. The molecule has 0 aromatic rings. The molecule has 0 amide bonds. The van der Waals surface area contributed by atoms with Crippen LogP contribution in [-0.4, -0.2) is 50.5 Å². The van der Waals surface area contributed by atoms with Crippen molar-refractivity contribution in [2.24, 2.45) is 0 Å². The van der Waals surface area contributed by atoms with Crippen LogP contribution in [0.5, 0.6) is 0 Å². The van der Waals surface area contributed by atoms with Gasteiger partial charge in [0.05, 0.1) is 0 Å². The van der Waals surface area contributed by atoms with E-state index in [1.165, 1.54) is 51.8 Å². The maximum atomic E-state index is 11.5. The molecule has 1 N–H and O–H groups in total. The number of rotatable bonds is 18. The van der Waals surface area contributed by atoms with E-state index in [0.29, 0.717) is 12.8 Å². The van der Waals surface area contributed by atoms with Gasteiger partial charge in [-0.2, -0.15) is 0 Å². The van der Waals surface area contributed by atoms with Crippen LogP contribution in [0.25, 0.3) is 0 Å². The average molecular weight is 584 g/mol. The molecule has 0 aromatic heterocycles. The standard InChI is InChI=1S/C12H25O4SSi.3C4H9.Sn/c1-7-9-12(3,16-18(4,5)6)10-8-11(2)17(13,14)15;3*1-3-4-2;/h1,7,11H,8-10H2,2-6H3,(H,13,14,15);3*1,3-4H2,2H3;. The third kappa shape index (κ3) is 14.5. The molecule has 0 saturated heterocycles. The molecule has 4 nitrogen and oxygen atoms in total. The van der Waals surface area contributed by atoms with Crippen LogP contribution >= 0.6 is 0 Å². The van der Waals surface area contributed by atoms with Crippen LogP contribution in [0.4, 0.5) is 0 Å². The van der Waals surface area contributed by atoms with Gasteiger partial charge in [-0.3, -0.25) is 0 Å². The summed E-state index contributed by atoms with van der Waals surface area (Å²) in [6, 6.07) is 0. The molecule has 2 unspecified atom stereocenters. The molecule has 7 heteroatoms. The van der Waals surface area contributed by atoms with Crippen molar-refractivity contribution >= 4 is 36.8 Å². The van der Waals surface area contributed by atoms with Gasteiger partial charge in [0.2, 0.25) is 0 Å². The second kappa shape index (κ2) is 14.8. The molecule has 0 rings (SSSR count). The van der Waals surface area contributed by atoms with Crippen LogP contribution in [0.3, 0.4) is 0 Å². The fourth-order valence-corrected chi connectivity index (χ4v) is 20.8. The molecule has 0 bridgehead atoms. The summed E-state index contributed by atoms with van der Waals surface area (Å²) in [5.41, 5.74) is -0.377. The van der Waals surface area contributed by atoms with Crippen molar-refractivity contribution in [2.45, 2.75) is 136 Å². The monoisotopic (exact) mass is 584 g/mol. The van der Waals surface area contributed by atoms with Crippen molar-refractivity contribution in [2.75, 3.05) is 0 Å². The Morgan fingerprint density at radius 2 is 1.45 bits per heavy atom. The Morgan fingerprint density at radius 3 is 1.81 bits per heavy atom. The van der Waals surface area contributed by atoms with Gasteiger partial charge in [0.1, 0.15) is 0 Å². The zero-order valence-corrected chi connectivity index (χ0v) is 26.5. The fourth-order valence-electron chi connectivity index (χ4n) is 4.36. The Balaban J connectivity index is 5.59. The quantitative estimate of drug-likeness (QED) is 0.131. The van der Waals surface area contributed by atoms with Crippen molar-refractivity contribution in [1.29, 1.82) is 0 Å². The average Bonchev–Trinajstić information content (AvgIpc) is 2.64. The van der Waals surface area contributed by atoms with Crippen LogP contribution < -0.4 is 0 Å². The number of hydrogen-bond acceptors (Lipinski definition) is 3. The molecule has 0 aromatic carbocycles. The van der Waals surface area contributed by atoms with Crippen LogP contribution in [0, 0.1) is 0 Å². The van der Waals surface area contributed by atoms with Crippen LogP contribution in [-0.2, 0) is 14.5 Å². The van der Waals surface area contributed by atoms with Crippen molar-refractivity contribution in [3.05, 3.63) is 10.2 Å². The van der Waals surface area contributed by atoms with Gasteiger partial charge in [-0.25, -0.2) is 0 Å². The summed E-state index contributed by atoms with van der Waals surface area (Å²) >= 11 is -2.33. The van der Waals surface area contributed by atoms with Crippen LogP contribution in [0.2, 0.25) is 33.0 Å². The third-order valence-electron chi connectivity index (χ3n) is 6.25.